The maximum atomic E-state index is 6.36. The lowest BCUT2D eigenvalue weighted by Crippen LogP contribution is -2.27. The van der Waals surface area contributed by atoms with E-state index in [2.05, 4.69) is 49.9 Å². The lowest BCUT2D eigenvalue weighted by Gasteiger charge is -2.26. The van der Waals surface area contributed by atoms with Crippen molar-refractivity contribution in [2.75, 3.05) is 0 Å². The van der Waals surface area contributed by atoms with Crippen LogP contribution in [-0.2, 0) is 0 Å². The van der Waals surface area contributed by atoms with Gasteiger partial charge in [0, 0.05) is 16.5 Å². The summed E-state index contributed by atoms with van der Waals surface area (Å²) in [6.45, 7) is 4.36. The number of aryl methyl sites for hydroxylation is 1. The number of benzene rings is 1. The molecule has 2 rings (SSSR count). The van der Waals surface area contributed by atoms with Crippen LogP contribution in [0.25, 0.3) is 0 Å². The molecule has 100 valence electrons. The molecule has 0 saturated heterocycles. The average molecular weight is 263 g/mol. The fourth-order valence-electron chi connectivity index (χ4n) is 2.72. The highest BCUT2D eigenvalue weighted by Crippen LogP contribution is 2.41. The number of hydrogen-bond acceptors (Lipinski definition) is 2. The number of hydrogen-bond donors (Lipinski definition) is 1. The molecule has 2 unspecified atom stereocenters. The molecule has 1 aromatic carbocycles. The number of thioether (sulfide) groups is 1. The minimum atomic E-state index is 0.275. The standard InChI is InChI=1S/C16H25NS/c1-3-15(17)16(18-14-9-4-5-10-14)13-8-6-7-12(2)11-13/h6-8,11,14-16H,3-5,9-10,17H2,1-2H3. The lowest BCUT2D eigenvalue weighted by atomic mass is 10.0. The van der Waals surface area contributed by atoms with Crippen LogP contribution in [0.5, 0.6) is 0 Å². The smallest absolute Gasteiger partial charge is 0.0451 e. The lowest BCUT2D eigenvalue weighted by molar-refractivity contribution is 0.631. The zero-order chi connectivity index (χ0) is 13.0. The number of rotatable bonds is 5. The van der Waals surface area contributed by atoms with Crippen LogP contribution in [0.3, 0.4) is 0 Å². The van der Waals surface area contributed by atoms with Crippen molar-refractivity contribution < 1.29 is 0 Å². The van der Waals surface area contributed by atoms with Crippen LogP contribution in [0.1, 0.15) is 55.4 Å². The average Bonchev–Trinajstić information content (AvgIpc) is 2.88. The molecule has 0 bridgehead atoms. The van der Waals surface area contributed by atoms with Gasteiger partial charge in [-0.1, -0.05) is 49.6 Å². The molecular weight excluding hydrogens is 238 g/mol. The minimum Gasteiger partial charge on any atom is -0.326 e. The molecule has 1 fully saturated rings. The summed E-state index contributed by atoms with van der Waals surface area (Å²) in [5.74, 6) is 0. The van der Waals surface area contributed by atoms with Crippen molar-refractivity contribution in [3.63, 3.8) is 0 Å². The first-order valence-corrected chi connectivity index (χ1v) is 8.12. The maximum Gasteiger partial charge on any atom is 0.0451 e. The monoisotopic (exact) mass is 263 g/mol. The summed E-state index contributed by atoms with van der Waals surface area (Å²) in [5.41, 5.74) is 9.11. The van der Waals surface area contributed by atoms with Crippen LogP contribution in [0.15, 0.2) is 24.3 Å². The van der Waals surface area contributed by atoms with Crippen LogP contribution in [0.2, 0.25) is 0 Å². The molecular formula is C16H25NS. The van der Waals surface area contributed by atoms with Crippen molar-refractivity contribution in [1.82, 2.24) is 0 Å². The molecule has 1 aliphatic carbocycles. The molecule has 1 aromatic rings. The van der Waals surface area contributed by atoms with Crippen molar-refractivity contribution in [3.8, 4) is 0 Å². The predicted molar refractivity (Wildman–Crippen MR) is 82.0 cm³/mol. The van der Waals surface area contributed by atoms with E-state index in [-0.39, 0.29) is 6.04 Å². The van der Waals surface area contributed by atoms with Crippen molar-refractivity contribution >= 4 is 11.8 Å². The van der Waals surface area contributed by atoms with Gasteiger partial charge in [-0.3, -0.25) is 0 Å². The summed E-state index contributed by atoms with van der Waals surface area (Å²) in [5, 5.41) is 1.30. The highest BCUT2D eigenvalue weighted by Gasteiger charge is 2.25. The molecule has 0 aromatic heterocycles. The first-order valence-electron chi connectivity index (χ1n) is 7.18. The quantitative estimate of drug-likeness (QED) is 0.849. The van der Waals surface area contributed by atoms with Crippen molar-refractivity contribution in [2.45, 2.75) is 62.5 Å². The molecule has 0 spiro atoms. The van der Waals surface area contributed by atoms with E-state index in [0.29, 0.717) is 5.25 Å². The van der Waals surface area contributed by atoms with Gasteiger partial charge in [0.25, 0.3) is 0 Å². The van der Waals surface area contributed by atoms with Gasteiger partial charge in [-0.05, 0) is 31.7 Å². The third-order valence-electron chi connectivity index (χ3n) is 3.87. The van der Waals surface area contributed by atoms with Crippen molar-refractivity contribution in [3.05, 3.63) is 35.4 Å². The molecule has 1 saturated carbocycles. The van der Waals surface area contributed by atoms with Crippen molar-refractivity contribution in [1.29, 1.82) is 0 Å². The summed E-state index contributed by atoms with van der Waals surface area (Å²) >= 11 is 2.12. The van der Waals surface area contributed by atoms with Gasteiger partial charge in [0.1, 0.15) is 0 Å². The van der Waals surface area contributed by atoms with Gasteiger partial charge in [0.15, 0.2) is 0 Å². The Morgan fingerprint density at radius 1 is 1.33 bits per heavy atom. The normalized spacial score (nSPS) is 19.9. The molecule has 2 atom stereocenters. The molecule has 18 heavy (non-hydrogen) atoms. The third kappa shape index (κ3) is 3.52. The fraction of sp³-hybridized carbons (Fsp3) is 0.625. The second-order valence-electron chi connectivity index (χ2n) is 5.45. The predicted octanol–water partition coefficient (Wildman–Crippen LogP) is 4.45. The number of nitrogens with two attached hydrogens (primary N) is 1. The first-order chi connectivity index (χ1) is 8.70. The Morgan fingerprint density at radius 3 is 2.67 bits per heavy atom. The van der Waals surface area contributed by atoms with E-state index in [4.69, 9.17) is 5.73 Å². The second kappa shape index (κ2) is 6.63. The maximum absolute atomic E-state index is 6.36. The highest BCUT2D eigenvalue weighted by atomic mass is 32.2. The summed E-state index contributed by atoms with van der Waals surface area (Å²) in [4.78, 5) is 0. The van der Waals surface area contributed by atoms with Gasteiger partial charge in [-0.2, -0.15) is 0 Å². The SMILES string of the molecule is CCC(N)C(SC1CCCC1)c1cccc(C)c1. The first kappa shape index (κ1) is 14.0. The summed E-state index contributed by atoms with van der Waals surface area (Å²) in [6.07, 6.45) is 6.62. The zero-order valence-corrected chi connectivity index (χ0v) is 12.4. The molecule has 0 heterocycles. The van der Waals surface area contributed by atoms with Gasteiger partial charge in [-0.15, -0.1) is 11.8 Å². The van der Waals surface area contributed by atoms with Crippen molar-refractivity contribution in [2.24, 2.45) is 5.73 Å². The minimum absolute atomic E-state index is 0.275. The molecule has 0 radical (unpaired) electrons. The molecule has 1 aliphatic rings. The highest BCUT2D eigenvalue weighted by molar-refractivity contribution is 8.00. The Balaban J connectivity index is 2.13. The van der Waals surface area contributed by atoms with Gasteiger partial charge in [0.2, 0.25) is 0 Å². The molecule has 1 nitrogen and oxygen atoms in total. The van der Waals surface area contributed by atoms with E-state index in [0.717, 1.165) is 11.7 Å². The summed E-state index contributed by atoms with van der Waals surface area (Å²) in [7, 11) is 0. The summed E-state index contributed by atoms with van der Waals surface area (Å²) < 4.78 is 0. The summed E-state index contributed by atoms with van der Waals surface area (Å²) in [6, 6.07) is 9.16. The largest absolute Gasteiger partial charge is 0.326 e. The molecule has 0 amide bonds. The van der Waals surface area contributed by atoms with Gasteiger partial charge in [-0.25, -0.2) is 0 Å². The van der Waals surface area contributed by atoms with Crippen LogP contribution >= 0.6 is 11.8 Å². The van der Waals surface area contributed by atoms with E-state index >= 15 is 0 Å². The van der Waals surface area contributed by atoms with E-state index in [1.807, 2.05) is 0 Å². The molecule has 0 aliphatic heterocycles. The van der Waals surface area contributed by atoms with E-state index < -0.39 is 0 Å². The van der Waals surface area contributed by atoms with E-state index in [9.17, 15) is 0 Å². The van der Waals surface area contributed by atoms with Crippen LogP contribution in [0, 0.1) is 6.92 Å². The van der Waals surface area contributed by atoms with Crippen LogP contribution in [-0.4, -0.2) is 11.3 Å². The third-order valence-corrected chi connectivity index (χ3v) is 5.64. The fourth-order valence-corrected chi connectivity index (χ4v) is 4.44. The Kier molecular flexibility index (Phi) is 5.13. The van der Waals surface area contributed by atoms with E-state index in [1.165, 1.54) is 36.8 Å². The van der Waals surface area contributed by atoms with Crippen LogP contribution in [0.4, 0.5) is 0 Å². The van der Waals surface area contributed by atoms with Gasteiger partial charge < -0.3 is 5.73 Å². The molecule has 2 heteroatoms. The second-order valence-corrected chi connectivity index (χ2v) is 6.90. The van der Waals surface area contributed by atoms with E-state index in [1.54, 1.807) is 0 Å². The zero-order valence-electron chi connectivity index (χ0n) is 11.6. The van der Waals surface area contributed by atoms with Crippen LogP contribution < -0.4 is 5.73 Å². The topological polar surface area (TPSA) is 26.0 Å². The van der Waals surface area contributed by atoms with Gasteiger partial charge >= 0.3 is 0 Å². The Bertz CT molecular complexity index is 371. The van der Waals surface area contributed by atoms with Gasteiger partial charge in [0.05, 0.1) is 0 Å². The Morgan fingerprint density at radius 2 is 2.06 bits per heavy atom. The Labute approximate surface area is 116 Å². The Hall–Kier alpha value is -0.470. The molecule has 2 N–H and O–H groups in total.